The number of hydrogen-bond donors (Lipinski definition) is 1. The van der Waals surface area contributed by atoms with Gasteiger partial charge in [-0.05, 0) is 42.4 Å². The Morgan fingerprint density at radius 1 is 1.03 bits per heavy atom. The van der Waals surface area contributed by atoms with E-state index in [-0.39, 0.29) is 11.8 Å². The average molecular weight is 391 g/mol. The minimum absolute atomic E-state index is 0.0534. The van der Waals surface area contributed by atoms with Crippen LogP contribution in [0, 0.1) is 5.92 Å². The van der Waals surface area contributed by atoms with Gasteiger partial charge < -0.3 is 9.88 Å². The number of amides is 1. The molecular weight excluding hydrogens is 356 g/mol. The zero-order valence-corrected chi connectivity index (χ0v) is 18.2. The predicted octanol–water partition coefficient (Wildman–Crippen LogP) is 5.91. The third-order valence-corrected chi connectivity index (χ3v) is 5.75. The van der Waals surface area contributed by atoms with Gasteiger partial charge in [0.25, 0.3) is 0 Å². The van der Waals surface area contributed by atoms with Gasteiger partial charge in [0.2, 0.25) is 5.91 Å². The van der Waals surface area contributed by atoms with Crippen molar-refractivity contribution in [1.29, 1.82) is 0 Å². The molecule has 1 N–H and O–H groups in total. The number of para-hydroxylation sites is 1. The van der Waals surface area contributed by atoms with Crippen molar-refractivity contribution < 1.29 is 4.79 Å². The highest BCUT2D eigenvalue weighted by molar-refractivity contribution is 5.89. The van der Waals surface area contributed by atoms with Crippen molar-refractivity contribution in [3.8, 4) is 0 Å². The van der Waals surface area contributed by atoms with Crippen LogP contribution in [-0.2, 0) is 17.8 Å². The summed E-state index contributed by atoms with van der Waals surface area (Å²) >= 11 is 0. The SMILES string of the molecule is CCc1cccc2c(C(CC(=O)NCCC(C)C)c3ccccc3)cn(CC)c12. The number of nitrogens with zero attached hydrogens (tertiary/aromatic N) is 1. The van der Waals surface area contributed by atoms with E-state index >= 15 is 0 Å². The van der Waals surface area contributed by atoms with Crippen LogP contribution in [-0.4, -0.2) is 17.0 Å². The van der Waals surface area contributed by atoms with E-state index in [1.807, 2.05) is 6.07 Å². The molecule has 1 amide bonds. The highest BCUT2D eigenvalue weighted by Crippen LogP contribution is 2.36. The molecule has 1 atom stereocenters. The molecule has 3 heteroatoms. The maximum atomic E-state index is 12.8. The molecular formula is C26H34N2O. The molecule has 0 bridgehead atoms. The number of nitrogens with one attached hydrogen (secondary N) is 1. The van der Waals surface area contributed by atoms with E-state index in [2.05, 4.69) is 86.2 Å². The Balaban J connectivity index is 2.00. The largest absolute Gasteiger partial charge is 0.356 e. The quantitative estimate of drug-likeness (QED) is 0.484. The fourth-order valence-corrected chi connectivity index (χ4v) is 4.13. The summed E-state index contributed by atoms with van der Waals surface area (Å²) < 4.78 is 2.34. The van der Waals surface area contributed by atoms with E-state index in [1.165, 1.54) is 27.6 Å². The van der Waals surface area contributed by atoms with E-state index < -0.39 is 0 Å². The lowest BCUT2D eigenvalue weighted by molar-refractivity contribution is -0.121. The fourth-order valence-electron chi connectivity index (χ4n) is 4.13. The summed E-state index contributed by atoms with van der Waals surface area (Å²) in [6, 6.07) is 17.0. The van der Waals surface area contributed by atoms with E-state index in [0.717, 1.165) is 25.9 Å². The fraction of sp³-hybridized carbons (Fsp3) is 0.423. The molecule has 0 saturated heterocycles. The number of aryl methyl sites for hydroxylation is 2. The first-order valence-electron chi connectivity index (χ1n) is 11.0. The van der Waals surface area contributed by atoms with Crippen molar-refractivity contribution in [2.45, 2.75) is 59.4 Å². The molecule has 0 aliphatic heterocycles. The summed E-state index contributed by atoms with van der Waals surface area (Å²) in [6.45, 7) is 10.4. The number of rotatable bonds is 9. The van der Waals surface area contributed by atoms with Crippen LogP contribution in [0.1, 0.15) is 63.1 Å². The van der Waals surface area contributed by atoms with Crippen LogP contribution in [0.4, 0.5) is 0 Å². The van der Waals surface area contributed by atoms with Crippen molar-refractivity contribution in [2.24, 2.45) is 5.92 Å². The second kappa shape index (κ2) is 9.78. The maximum absolute atomic E-state index is 12.8. The van der Waals surface area contributed by atoms with Crippen LogP contribution in [0.5, 0.6) is 0 Å². The lowest BCUT2D eigenvalue weighted by Crippen LogP contribution is -2.27. The standard InChI is InChI=1S/C26H34N2O/c1-5-20-13-10-14-22-24(18-28(6-2)26(20)22)23(21-11-8-7-9-12-21)17-25(29)27-16-15-19(3)4/h7-14,18-19,23H,5-6,15-17H2,1-4H3,(H,27,29). The Labute approximate surface area is 175 Å². The molecule has 0 spiro atoms. The van der Waals surface area contributed by atoms with Gasteiger partial charge in [0.05, 0.1) is 5.52 Å². The molecule has 1 aromatic heterocycles. The Morgan fingerprint density at radius 3 is 2.45 bits per heavy atom. The highest BCUT2D eigenvalue weighted by Gasteiger charge is 2.23. The van der Waals surface area contributed by atoms with E-state index in [4.69, 9.17) is 0 Å². The molecule has 3 aromatic rings. The van der Waals surface area contributed by atoms with Crippen LogP contribution in [0.15, 0.2) is 54.7 Å². The van der Waals surface area contributed by atoms with Crippen molar-refractivity contribution in [2.75, 3.05) is 6.54 Å². The molecule has 29 heavy (non-hydrogen) atoms. The van der Waals surface area contributed by atoms with Gasteiger partial charge in [-0.25, -0.2) is 0 Å². The van der Waals surface area contributed by atoms with Crippen LogP contribution in [0.25, 0.3) is 10.9 Å². The minimum atomic E-state index is 0.0534. The second-order valence-electron chi connectivity index (χ2n) is 8.24. The van der Waals surface area contributed by atoms with Gasteiger partial charge in [0.1, 0.15) is 0 Å². The monoisotopic (exact) mass is 390 g/mol. The van der Waals surface area contributed by atoms with Gasteiger partial charge in [0.15, 0.2) is 0 Å². The Morgan fingerprint density at radius 2 is 1.79 bits per heavy atom. The van der Waals surface area contributed by atoms with Crippen LogP contribution in [0.3, 0.4) is 0 Å². The molecule has 2 aromatic carbocycles. The molecule has 3 nitrogen and oxygen atoms in total. The molecule has 0 fully saturated rings. The third kappa shape index (κ3) is 4.90. The Hall–Kier alpha value is -2.55. The topological polar surface area (TPSA) is 34.0 Å². The first-order valence-corrected chi connectivity index (χ1v) is 11.0. The molecule has 0 radical (unpaired) electrons. The van der Waals surface area contributed by atoms with Gasteiger partial charge in [-0.2, -0.15) is 0 Å². The summed E-state index contributed by atoms with van der Waals surface area (Å²) in [6.07, 6.45) is 4.76. The number of carbonyl (C=O) groups excluding carboxylic acids is 1. The summed E-state index contributed by atoms with van der Waals surface area (Å²) in [5, 5.41) is 4.40. The zero-order valence-electron chi connectivity index (χ0n) is 18.2. The average Bonchev–Trinajstić information content (AvgIpc) is 3.11. The zero-order chi connectivity index (χ0) is 20.8. The van der Waals surface area contributed by atoms with Gasteiger partial charge >= 0.3 is 0 Å². The van der Waals surface area contributed by atoms with Crippen LogP contribution in [0.2, 0.25) is 0 Å². The van der Waals surface area contributed by atoms with Crippen LogP contribution >= 0.6 is 0 Å². The molecule has 0 aliphatic rings. The van der Waals surface area contributed by atoms with Crippen molar-refractivity contribution >= 4 is 16.8 Å². The summed E-state index contributed by atoms with van der Waals surface area (Å²) in [5.41, 5.74) is 5.13. The third-order valence-electron chi connectivity index (χ3n) is 5.75. The molecule has 3 rings (SSSR count). The highest BCUT2D eigenvalue weighted by atomic mass is 16.1. The van der Waals surface area contributed by atoms with E-state index in [9.17, 15) is 4.79 Å². The van der Waals surface area contributed by atoms with Crippen molar-refractivity contribution in [3.63, 3.8) is 0 Å². The van der Waals surface area contributed by atoms with Crippen molar-refractivity contribution in [1.82, 2.24) is 9.88 Å². The molecule has 0 aliphatic carbocycles. The second-order valence-corrected chi connectivity index (χ2v) is 8.24. The smallest absolute Gasteiger partial charge is 0.220 e. The number of hydrogen-bond acceptors (Lipinski definition) is 1. The first kappa shape index (κ1) is 21.2. The van der Waals surface area contributed by atoms with Gasteiger partial charge in [-0.1, -0.05) is 69.3 Å². The van der Waals surface area contributed by atoms with E-state index in [1.54, 1.807) is 0 Å². The summed E-state index contributed by atoms with van der Waals surface area (Å²) in [5.74, 6) is 0.774. The lowest BCUT2D eigenvalue weighted by Gasteiger charge is -2.17. The minimum Gasteiger partial charge on any atom is -0.356 e. The number of benzene rings is 2. The normalized spacial score (nSPS) is 12.4. The van der Waals surface area contributed by atoms with Crippen molar-refractivity contribution in [3.05, 3.63) is 71.4 Å². The Kier molecular flexibility index (Phi) is 7.13. The lowest BCUT2D eigenvalue weighted by atomic mass is 9.87. The molecule has 1 unspecified atom stereocenters. The first-order chi connectivity index (χ1) is 14.0. The van der Waals surface area contributed by atoms with Gasteiger partial charge in [-0.3, -0.25) is 4.79 Å². The summed E-state index contributed by atoms with van der Waals surface area (Å²) in [7, 11) is 0. The van der Waals surface area contributed by atoms with Crippen LogP contribution < -0.4 is 5.32 Å². The molecule has 1 heterocycles. The molecule has 154 valence electrons. The van der Waals surface area contributed by atoms with E-state index in [0.29, 0.717) is 12.3 Å². The number of carbonyl (C=O) groups is 1. The predicted molar refractivity (Wildman–Crippen MR) is 122 cm³/mol. The van der Waals surface area contributed by atoms with Gasteiger partial charge in [0, 0.05) is 37.0 Å². The number of aromatic nitrogens is 1. The van der Waals surface area contributed by atoms with Gasteiger partial charge in [-0.15, -0.1) is 0 Å². The Bertz CT molecular complexity index is 940. The number of fused-ring (bicyclic) bond motifs is 1. The maximum Gasteiger partial charge on any atom is 0.220 e. The molecule has 0 saturated carbocycles. The summed E-state index contributed by atoms with van der Waals surface area (Å²) in [4.78, 5) is 12.8.